The van der Waals surface area contributed by atoms with E-state index in [-0.39, 0.29) is 11.9 Å². The van der Waals surface area contributed by atoms with Crippen molar-refractivity contribution in [2.45, 2.75) is 18.7 Å². The molecule has 0 fully saturated rings. The lowest BCUT2D eigenvalue weighted by Crippen LogP contribution is -2.33. The van der Waals surface area contributed by atoms with E-state index >= 15 is 0 Å². The maximum Gasteiger partial charge on any atom is 0.213 e. The van der Waals surface area contributed by atoms with E-state index in [1.807, 2.05) is 41.4 Å². The van der Waals surface area contributed by atoms with Gasteiger partial charge in [0.2, 0.25) is 6.23 Å². The highest BCUT2D eigenvalue weighted by Gasteiger charge is 2.40. The van der Waals surface area contributed by atoms with Crippen molar-refractivity contribution in [1.29, 1.82) is 0 Å². The van der Waals surface area contributed by atoms with Gasteiger partial charge in [-0.2, -0.15) is 5.10 Å². The van der Waals surface area contributed by atoms with Crippen molar-refractivity contribution < 1.29 is 18.6 Å². The summed E-state index contributed by atoms with van der Waals surface area (Å²) in [6, 6.07) is 20.2. The van der Waals surface area contributed by atoms with Crippen molar-refractivity contribution in [3.63, 3.8) is 0 Å². The Morgan fingerprint density at radius 1 is 0.967 bits per heavy atom. The third kappa shape index (κ3) is 3.05. The molecule has 3 aromatic carbocycles. The average Bonchev–Trinajstić information content (AvgIpc) is 3.24. The molecule has 0 bridgehead atoms. The first-order valence-corrected chi connectivity index (χ1v) is 9.77. The summed E-state index contributed by atoms with van der Waals surface area (Å²) in [5.41, 5.74) is 3.86. The summed E-state index contributed by atoms with van der Waals surface area (Å²) in [6.45, 7) is 0. The van der Waals surface area contributed by atoms with Gasteiger partial charge in [0.1, 0.15) is 11.6 Å². The Balaban J connectivity index is 1.57. The Morgan fingerprint density at radius 3 is 2.50 bits per heavy atom. The normalized spacial score (nSPS) is 19.4. The van der Waals surface area contributed by atoms with Crippen LogP contribution in [0.1, 0.15) is 35.4 Å². The minimum atomic E-state index is -0.428. The molecule has 0 spiro atoms. The highest BCUT2D eigenvalue weighted by atomic mass is 19.1. The van der Waals surface area contributed by atoms with Crippen LogP contribution in [0.15, 0.2) is 71.8 Å². The van der Waals surface area contributed by atoms with E-state index in [4.69, 9.17) is 19.3 Å². The molecule has 30 heavy (non-hydrogen) atoms. The van der Waals surface area contributed by atoms with Crippen LogP contribution >= 0.6 is 0 Å². The Labute approximate surface area is 174 Å². The molecule has 5 rings (SSSR count). The van der Waals surface area contributed by atoms with Crippen LogP contribution in [0.2, 0.25) is 0 Å². The number of hydrogen-bond acceptors (Lipinski definition) is 5. The first-order chi connectivity index (χ1) is 14.7. The fourth-order valence-electron chi connectivity index (χ4n) is 4.07. The van der Waals surface area contributed by atoms with E-state index in [0.717, 1.165) is 34.6 Å². The van der Waals surface area contributed by atoms with Gasteiger partial charge in [-0.05, 0) is 36.4 Å². The Bertz CT molecular complexity index is 1110. The van der Waals surface area contributed by atoms with Crippen molar-refractivity contribution in [2.24, 2.45) is 5.10 Å². The highest BCUT2D eigenvalue weighted by molar-refractivity contribution is 6.02. The largest absolute Gasteiger partial charge is 0.493 e. The molecule has 2 heterocycles. The SMILES string of the molecule is COc1ccc(C2=NN3C(C2)c2ccccc2OC3c2ccc(F)cc2)cc1OC. The van der Waals surface area contributed by atoms with Crippen molar-refractivity contribution in [1.82, 2.24) is 5.01 Å². The Morgan fingerprint density at radius 2 is 1.73 bits per heavy atom. The van der Waals surface area contributed by atoms with Crippen LogP contribution in [0.5, 0.6) is 17.2 Å². The van der Waals surface area contributed by atoms with Crippen molar-refractivity contribution in [3.05, 3.63) is 89.2 Å². The van der Waals surface area contributed by atoms with Gasteiger partial charge in [0.05, 0.1) is 26.0 Å². The molecule has 0 aromatic heterocycles. The summed E-state index contributed by atoms with van der Waals surface area (Å²) in [6.07, 6.45) is 0.302. The third-order valence-corrected chi connectivity index (χ3v) is 5.57. The summed E-state index contributed by atoms with van der Waals surface area (Å²) in [4.78, 5) is 0. The second-order valence-corrected chi connectivity index (χ2v) is 7.28. The lowest BCUT2D eigenvalue weighted by atomic mass is 9.96. The van der Waals surface area contributed by atoms with E-state index in [1.54, 1.807) is 26.4 Å². The molecule has 0 saturated heterocycles. The first kappa shape index (κ1) is 18.5. The minimum absolute atomic E-state index is 0.0353. The van der Waals surface area contributed by atoms with Crippen molar-refractivity contribution in [3.8, 4) is 17.2 Å². The fourth-order valence-corrected chi connectivity index (χ4v) is 4.07. The molecule has 5 nitrogen and oxygen atoms in total. The van der Waals surface area contributed by atoms with Gasteiger partial charge in [0, 0.05) is 23.1 Å². The molecule has 2 atom stereocenters. The predicted molar refractivity (Wildman–Crippen MR) is 111 cm³/mol. The quantitative estimate of drug-likeness (QED) is 0.608. The molecule has 6 heteroatoms. The van der Waals surface area contributed by atoms with Crippen LogP contribution < -0.4 is 14.2 Å². The number of hydrogen-bond donors (Lipinski definition) is 0. The van der Waals surface area contributed by atoms with Crippen LogP contribution in [-0.4, -0.2) is 24.9 Å². The summed E-state index contributed by atoms with van der Waals surface area (Å²) in [5, 5.41) is 6.90. The Hall–Kier alpha value is -3.54. The summed E-state index contributed by atoms with van der Waals surface area (Å²) < 4.78 is 30.6. The molecular weight excluding hydrogens is 383 g/mol. The second kappa shape index (κ2) is 7.37. The molecular formula is C24H21FN2O3. The lowest BCUT2D eigenvalue weighted by Gasteiger charge is -2.38. The zero-order chi connectivity index (χ0) is 20.7. The molecule has 2 aliphatic rings. The molecule has 2 aliphatic heterocycles. The Kier molecular flexibility index (Phi) is 4.54. The lowest BCUT2D eigenvalue weighted by molar-refractivity contribution is -0.0190. The van der Waals surface area contributed by atoms with Crippen LogP contribution in [0, 0.1) is 5.82 Å². The molecule has 2 unspecified atom stereocenters. The molecule has 0 N–H and O–H groups in total. The average molecular weight is 404 g/mol. The summed E-state index contributed by atoms with van der Waals surface area (Å²) in [7, 11) is 3.24. The number of para-hydroxylation sites is 1. The topological polar surface area (TPSA) is 43.3 Å². The maximum atomic E-state index is 13.5. The number of ether oxygens (including phenoxy) is 3. The molecule has 0 amide bonds. The monoisotopic (exact) mass is 404 g/mol. The van der Waals surface area contributed by atoms with Crippen LogP contribution in [0.4, 0.5) is 4.39 Å². The summed E-state index contributed by atoms with van der Waals surface area (Å²) >= 11 is 0. The number of rotatable bonds is 4. The van der Waals surface area contributed by atoms with E-state index in [1.165, 1.54) is 12.1 Å². The first-order valence-electron chi connectivity index (χ1n) is 9.77. The van der Waals surface area contributed by atoms with E-state index in [0.29, 0.717) is 11.5 Å². The number of hydrazone groups is 1. The number of halogens is 1. The van der Waals surface area contributed by atoms with Crippen LogP contribution in [-0.2, 0) is 0 Å². The van der Waals surface area contributed by atoms with E-state index in [2.05, 4.69) is 6.07 Å². The molecule has 0 radical (unpaired) electrons. The van der Waals surface area contributed by atoms with Crippen molar-refractivity contribution in [2.75, 3.05) is 14.2 Å². The zero-order valence-electron chi connectivity index (χ0n) is 16.7. The van der Waals surface area contributed by atoms with Gasteiger partial charge in [0.25, 0.3) is 0 Å². The second-order valence-electron chi connectivity index (χ2n) is 7.28. The van der Waals surface area contributed by atoms with Crippen LogP contribution in [0.25, 0.3) is 0 Å². The van der Waals surface area contributed by atoms with Crippen molar-refractivity contribution >= 4 is 5.71 Å². The number of nitrogens with zero attached hydrogens (tertiary/aromatic N) is 2. The smallest absolute Gasteiger partial charge is 0.213 e. The minimum Gasteiger partial charge on any atom is -0.493 e. The number of fused-ring (bicyclic) bond motifs is 3. The molecule has 0 aliphatic carbocycles. The van der Waals surface area contributed by atoms with Gasteiger partial charge < -0.3 is 14.2 Å². The standard InChI is InChI=1S/C24H21FN2O3/c1-28-22-12-9-16(13-23(22)29-2)19-14-20-18-5-3-4-6-21(18)30-24(27(20)26-19)15-7-10-17(25)11-8-15/h3-13,20,24H,14H2,1-2H3. The molecule has 152 valence electrons. The predicted octanol–water partition coefficient (Wildman–Crippen LogP) is 5.09. The third-order valence-electron chi connectivity index (χ3n) is 5.57. The van der Waals surface area contributed by atoms with Gasteiger partial charge >= 0.3 is 0 Å². The molecule has 0 saturated carbocycles. The van der Waals surface area contributed by atoms with Gasteiger partial charge in [-0.1, -0.05) is 30.3 Å². The van der Waals surface area contributed by atoms with Gasteiger partial charge in [-0.25, -0.2) is 9.40 Å². The van der Waals surface area contributed by atoms with Crippen LogP contribution in [0.3, 0.4) is 0 Å². The van der Waals surface area contributed by atoms with Gasteiger partial charge in [0.15, 0.2) is 11.5 Å². The highest BCUT2D eigenvalue weighted by Crippen LogP contribution is 2.47. The number of benzene rings is 3. The van der Waals surface area contributed by atoms with E-state index in [9.17, 15) is 4.39 Å². The van der Waals surface area contributed by atoms with Gasteiger partial charge in [-0.3, -0.25) is 0 Å². The summed E-state index contributed by atoms with van der Waals surface area (Å²) in [5.74, 6) is 1.89. The van der Waals surface area contributed by atoms with E-state index < -0.39 is 6.23 Å². The van der Waals surface area contributed by atoms with Gasteiger partial charge in [-0.15, -0.1) is 0 Å². The zero-order valence-corrected chi connectivity index (χ0v) is 16.7. The molecule has 3 aromatic rings. The fraction of sp³-hybridized carbons (Fsp3) is 0.208. The maximum absolute atomic E-state index is 13.5. The number of methoxy groups -OCH3 is 2.